The molecule has 2 aliphatic heterocycles. The Kier molecular flexibility index (Phi) is 6.96. The van der Waals surface area contributed by atoms with E-state index in [4.69, 9.17) is 0 Å². The van der Waals surface area contributed by atoms with E-state index in [-0.39, 0.29) is 42.5 Å². The van der Waals surface area contributed by atoms with Gasteiger partial charge in [0.05, 0.1) is 5.92 Å². The molecule has 2 aliphatic rings. The van der Waals surface area contributed by atoms with E-state index in [1.54, 1.807) is 12.1 Å². The molecule has 0 saturated carbocycles. The molecule has 2 saturated heterocycles. The highest BCUT2D eigenvalue weighted by Gasteiger charge is 2.30. The van der Waals surface area contributed by atoms with E-state index >= 15 is 0 Å². The van der Waals surface area contributed by atoms with Gasteiger partial charge in [-0.2, -0.15) is 0 Å². The maximum absolute atomic E-state index is 12.1. The maximum Gasteiger partial charge on any atom is 0.251 e. The Hall–Kier alpha value is -1.92. The molecule has 2 unspecified atom stereocenters. The summed E-state index contributed by atoms with van der Waals surface area (Å²) in [6, 6.07) is 7.25. The smallest absolute Gasteiger partial charge is 0.251 e. The van der Waals surface area contributed by atoms with Crippen LogP contribution in [0.15, 0.2) is 24.3 Å². The molecule has 6 nitrogen and oxygen atoms in total. The minimum Gasteiger partial charge on any atom is -0.352 e. The fourth-order valence-electron chi connectivity index (χ4n) is 3.30. The van der Waals surface area contributed by atoms with Gasteiger partial charge < -0.3 is 10.6 Å². The van der Waals surface area contributed by atoms with E-state index in [0.717, 1.165) is 25.1 Å². The summed E-state index contributed by atoms with van der Waals surface area (Å²) in [6.07, 6.45) is 2.95. The first-order chi connectivity index (χ1) is 11.6. The quantitative estimate of drug-likeness (QED) is 0.657. The van der Waals surface area contributed by atoms with Crippen molar-refractivity contribution in [2.75, 3.05) is 19.6 Å². The molecule has 136 valence electrons. The van der Waals surface area contributed by atoms with Gasteiger partial charge in [-0.1, -0.05) is 12.1 Å². The topological polar surface area (TPSA) is 87.3 Å². The number of imide groups is 1. The van der Waals surface area contributed by atoms with Gasteiger partial charge in [0.1, 0.15) is 0 Å². The molecule has 0 aromatic heterocycles. The summed E-state index contributed by atoms with van der Waals surface area (Å²) >= 11 is 0. The highest BCUT2D eigenvalue weighted by atomic mass is 35.5. The summed E-state index contributed by atoms with van der Waals surface area (Å²) in [5.74, 6) is -0.117. The summed E-state index contributed by atoms with van der Waals surface area (Å²) in [7, 11) is 0. The van der Waals surface area contributed by atoms with Crippen LogP contribution < -0.4 is 16.0 Å². The van der Waals surface area contributed by atoms with Crippen LogP contribution in [0, 0.1) is 11.8 Å². The Morgan fingerprint density at radius 3 is 2.56 bits per heavy atom. The Balaban J connectivity index is 0.00000225. The third-order valence-electron chi connectivity index (χ3n) is 4.76. The van der Waals surface area contributed by atoms with Crippen molar-refractivity contribution >= 4 is 30.1 Å². The summed E-state index contributed by atoms with van der Waals surface area (Å²) < 4.78 is 0. The molecule has 3 rings (SSSR count). The van der Waals surface area contributed by atoms with E-state index in [1.165, 1.54) is 6.42 Å². The zero-order valence-corrected chi connectivity index (χ0v) is 14.9. The first kappa shape index (κ1) is 19.4. The number of nitrogens with one attached hydrogen (secondary N) is 3. The van der Waals surface area contributed by atoms with Gasteiger partial charge in [0.15, 0.2) is 0 Å². The van der Waals surface area contributed by atoms with Crippen LogP contribution in [0.5, 0.6) is 0 Å². The van der Waals surface area contributed by atoms with Crippen molar-refractivity contribution in [2.24, 2.45) is 11.8 Å². The third kappa shape index (κ3) is 5.28. The third-order valence-corrected chi connectivity index (χ3v) is 4.76. The number of hydrogen-bond donors (Lipinski definition) is 3. The lowest BCUT2D eigenvalue weighted by atomic mass is 9.97. The molecule has 0 radical (unpaired) electrons. The molecule has 25 heavy (non-hydrogen) atoms. The van der Waals surface area contributed by atoms with Crippen molar-refractivity contribution in [1.29, 1.82) is 0 Å². The monoisotopic (exact) mass is 365 g/mol. The fraction of sp³-hybridized carbons (Fsp3) is 0.500. The van der Waals surface area contributed by atoms with Crippen molar-refractivity contribution in [1.82, 2.24) is 16.0 Å². The lowest BCUT2D eigenvalue weighted by Crippen LogP contribution is -2.26. The minimum absolute atomic E-state index is 0. The molecule has 2 fully saturated rings. The number of carbonyl (C=O) groups is 3. The predicted molar refractivity (Wildman–Crippen MR) is 96.6 cm³/mol. The predicted octanol–water partition coefficient (Wildman–Crippen LogP) is 1.04. The average molecular weight is 366 g/mol. The van der Waals surface area contributed by atoms with Gasteiger partial charge in [0.25, 0.3) is 5.91 Å². The van der Waals surface area contributed by atoms with E-state index in [0.29, 0.717) is 24.4 Å². The first-order valence-corrected chi connectivity index (χ1v) is 8.53. The maximum atomic E-state index is 12.1. The highest BCUT2D eigenvalue weighted by molar-refractivity contribution is 6.03. The summed E-state index contributed by atoms with van der Waals surface area (Å²) in [6.45, 7) is 2.81. The van der Waals surface area contributed by atoms with Crippen LogP contribution in [0.1, 0.15) is 35.2 Å². The molecule has 7 heteroatoms. The molecule has 1 aromatic carbocycles. The molecular weight excluding hydrogens is 342 g/mol. The van der Waals surface area contributed by atoms with Gasteiger partial charge in [-0.15, -0.1) is 12.4 Å². The Morgan fingerprint density at radius 2 is 1.96 bits per heavy atom. The standard InChI is InChI=1S/C18H23N3O3.ClH/c22-16-10-15(18(24)21-16)9-12-1-3-14(4-2-12)17(23)20-8-6-13-5-7-19-11-13;/h1-4,13,15,19H,5-11H2,(H,20,23)(H,21,22,24);1H. The molecule has 2 heterocycles. The van der Waals surface area contributed by atoms with Crippen LogP contribution in [-0.4, -0.2) is 37.4 Å². The highest BCUT2D eigenvalue weighted by Crippen LogP contribution is 2.18. The second kappa shape index (κ2) is 8.97. The van der Waals surface area contributed by atoms with Gasteiger partial charge in [0.2, 0.25) is 11.8 Å². The number of amides is 3. The molecule has 0 bridgehead atoms. The van der Waals surface area contributed by atoms with Crippen molar-refractivity contribution in [3.05, 3.63) is 35.4 Å². The summed E-state index contributed by atoms with van der Waals surface area (Å²) in [4.78, 5) is 34.9. The van der Waals surface area contributed by atoms with Crippen molar-refractivity contribution in [2.45, 2.75) is 25.7 Å². The van der Waals surface area contributed by atoms with Crippen LogP contribution in [0.4, 0.5) is 0 Å². The lowest BCUT2D eigenvalue weighted by molar-refractivity contribution is -0.125. The van der Waals surface area contributed by atoms with E-state index in [2.05, 4.69) is 16.0 Å². The van der Waals surface area contributed by atoms with Gasteiger partial charge in [-0.05, 0) is 56.0 Å². The molecule has 1 aromatic rings. The summed E-state index contributed by atoms with van der Waals surface area (Å²) in [5.41, 5.74) is 1.58. The van der Waals surface area contributed by atoms with Crippen molar-refractivity contribution in [3.63, 3.8) is 0 Å². The Bertz CT molecular complexity index is 627. The second-order valence-electron chi connectivity index (χ2n) is 6.62. The second-order valence-corrected chi connectivity index (χ2v) is 6.62. The largest absolute Gasteiger partial charge is 0.352 e. The first-order valence-electron chi connectivity index (χ1n) is 8.53. The minimum atomic E-state index is -0.294. The molecule has 3 N–H and O–H groups in total. The zero-order valence-electron chi connectivity index (χ0n) is 14.0. The van der Waals surface area contributed by atoms with Crippen LogP contribution in [0.3, 0.4) is 0 Å². The average Bonchev–Trinajstić information content (AvgIpc) is 3.18. The summed E-state index contributed by atoms with van der Waals surface area (Å²) in [5, 5.41) is 8.59. The van der Waals surface area contributed by atoms with Gasteiger partial charge in [0, 0.05) is 18.5 Å². The molecule has 0 spiro atoms. The fourth-order valence-corrected chi connectivity index (χ4v) is 3.30. The Labute approximate surface area is 153 Å². The number of benzene rings is 1. The van der Waals surface area contributed by atoms with Crippen LogP contribution in [-0.2, 0) is 16.0 Å². The number of rotatable bonds is 6. The normalized spacial score (nSPS) is 22.4. The number of halogens is 1. The SMILES string of the molecule is Cl.O=C1CC(Cc2ccc(C(=O)NCCC3CCNC3)cc2)C(=O)N1. The van der Waals surface area contributed by atoms with E-state index < -0.39 is 0 Å². The zero-order chi connectivity index (χ0) is 16.9. The number of hydrogen-bond acceptors (Lipinski definition) is 4. The number of carbonyl (C=O) groups excluding carboxylic acids is 3. The van der Waals surface area contributed by atoms with Crippen molar-refractivity contribution < 1.29 is 14.4 Å². The Morgan fingerprint density at radius 1 is 1.20 bits per heavy atom. The van der Waals surface area contributed by atoms with Crippen LogP contribution >= 0.6 is 12.4 Å². The van der Waals surface area contributed by atoms with E-state index in [9.17, 15) is 14.4 Å². The van der Waals surface area contributed by atoms with Crippen molar-refractivity contribution in [3.8, 4) is 0 Å². The van der Waals surface area contributed by atoms with Crippen LogP contribution in [0.25, 0.3) is 0 Å². The van der Waals surface area contributed by atoms with Gasteiger partial charge in [-0.3, -0.25) is 19.7 Å². The molecule has 2 atom stereocenters. The van der Waals surface area contributed by atoms with Crippen LogP contribution in [0.2, 0.25) is 0 Å². The molecule has 3 amide bonds. The molecule has 0 aliphatic carbocycles. The van der Waals surface area contributed by atoms with Gasteiger partial charge in [-0.25, -0.2) is 0 Å². The van der Waals surface area contributed by atoms with Gasteiger partial charge >= 0.3 is 0 Å². The van der Waals surface area contributed by atoms with E-state index in [1.807, 2.05) is 12.1 Å². The lowest BCUT2D eigenvalue weighted by Gasteiger charge is -2.10. The molecular formula is C18H24ClN3O3.